The van der Waals surface area contributed by atoms with Crippen LogP contribution < -0.4 is 15.5 Å². The number of aromatic nitrogens is 5. The monoisotopic (exact) mass is 468 g/mol. The molecule has 2 N–H and O–H groups in total. The maximum Gasteiger partial charge on any atom is 0.228 e. The van der Waals surface area contributed by atoms with E-state index in [-0.39, 0.29) is 6.04 Å². The van der Waals surface area contributed by atoms with E-state index in [0.717, 1.165) is 54.5 Å². The van der Waals surface area contributed by atoms with Crippen LogP contribution in [0.3, 0.4) is 0 Å². The lowest BCUT2D eigenvalue weighted by Gasteiger charge is -2.28. The molecule has 0 amide bonds. The zero-order valence-electron chi connectivity index (χ0n) is 20.2. The number of para-hydroxylation sites is 1. The highest BCUT2D eigenvalue weighted by atomic mass is 15.3. The van der Waals surface area contributed by atoms with Crippen LogP contribution >= 0.6 is 0 Å². The number of hydrogen-bond acceptors (Lipinski definition) is 7. The second-order valence-electron chi connectivity index (χ2n) is 10.4. The standard InChI is InChI=1S/C27H32N8/c1-17(18-6-7-18)35-25-23(16-30-35)31-27(34-12-10-28-11-13-34)33-26(25)32-24(19-8-9-19)21-14-20-4-2-3-5-22(20)29-15-21/h2-5,14-19,24,28H,6-13H2,1H3,(H,31,32,33)/t17?,24-/m1/s1. The van der Waals surface area contributed by atoms with Crippen molar-refractivity contribution in [3.05, 3.63) is 48.3 Å². The summed E-state index contributed by atoms with van der Waals surface area (Å²) >= 11 is 0. The first-order valence-corrected chi connectivity index (χ1v) is 13.1. The molecule has 2 aliphatic carbocycles. The molecule has 8 heteroatoms. The number of pyridine rings is 1. The summed E-state index contributed by atoms with van der Waals surface area (Å²) < 4.78 is 2.17. The number of hydrogen-bond donors (Lipinski definition) is 2. The van der Waals surface area contributed by atoms with Crippen molar-refractivity contribution in [1.29, 1.82) is 0 Å². The average molecular weight is 469 g/mol. The minimum absolute atomic E-state index is 0.167. The van der Waals surface area contributed by atoms with Gasteiger partial charge >= 0.3 is 0 Å². The number of benzene rings is 1. The first-order chi connectivity index (χ1) is 17.2. The van der Waals surface area contributed by atoms with Gasteiger partial charge in [0.25, 0.3) is 0 Å². The molecule has 3 aliphatic rings. The van der Waals surface area contributed by atoms with Gasteiger partial charge in [-0.05, 0) is 62.1 Å². The molecule has 0 radical (unpaired) electrons. The molecule has 7 rings (SSSR count). The van der Waals surface area contributed by atoms with Crippen molar-refractivity contribution < 1.29 is 0 Å². The quantitative estimate of drug-likeness (QED) is 0.418. The van der Waals surface area contributed by atoms with Crippen LogP contribution in [-0.4, -0.2) is 50.9 Å². The predicted octanol–water partition coefficient (Wildman–Crippen LogP) is 4.32. The fraction of sp³-hybridized carbons (Fsp3) is 0.481. The number of piperazine rings is 1. The van der Waals surface area contributed by atoms with Gasteiger partial charge in [0.15, 0.2) is 5.82 Å². The zero-order valence-corrected chi connectivity index (χ0v) is 20.2. The Kier molecular flexibility index (Phi) is 5.08. The topological polar surface area (TPSA) is 83.8 Å². The summed E-state index contributed by atoms with van der Waals surface area (Å²) in [5, 5.41) is 13.3. The van der Waals surface area contributed by atoms with Crippen LogP contribution in [0.4, 0.5) is 11.8 Å². The van der Waals surface area contributed by atoms with Gasteiger partial charge in [-0.3, -0.25) is 9.67 Å². The number of nitrogens with one attached hydrogen (secondary N) is 2. The Morgan fingerprint density at radius 3 is 2.57 bits per heavy atom. The summed E-state index contributed by atoms with van der Waals surface area (Å²) in [7, 11) is 0. The van der Waals surface area contributed by atoms with E-state index >= 15 is 0 Å². The Morgan fingerprint density at radius 1 is 0.971 bits per heavy atom. The van der Waals surface area contributed by atoms with E-state index in [9.17, 15) is 0 Å². The third kappa shape index (κ3) is 3.99. The summed E-state index contributed by atoms with van der Waals surface area (Å²) in [6.07, 6.45) is 8.97. The Labute approximate surface area is 205 Å². The van der Waals surface area contributed by atoms with Crippen molar-refractivity contribution in [1.82, 2.24) is 30.0 Å². The molecular weight excluding hydrogens is 436 g/mol. The highest BCUT2D eigenvalue weighted by molar-refractivity contribution is 5.87. The second-order valence-corrected chi connectivity index (χ2v) is 10.4. The van der Waals surface area contributed by atoms with E-state index in [0.29, 0.717) is 17.9 Å². The van der Waals surface area contributed by atoms with Crippen LogP contribution in [0, 0.1) is 11.8 Å². The van der Waals surface area contributed by atoms with Gasteiger partial charge in [-0.2, -0.15) is 10.1 Å². The molecule has 1 aromatic carbocycles. The van der Waals surface area contributed by atoms with Crippen molar-refractivity contribution in [2.24, 2.45) is 11.8 Å². The summed E-state index contributed by atoms with van der Waals surface area (Å²) in [6, 6.07) is 11.2. The third-order valence-electron chi connectivity index (χ3n) is 7.88. The van der Waals surface area contributed by atoms with Gasteiger partial charge in [-0.25, -0.2) is 4.98 Å². The van der Waals surface area contributed by atoms with Gasteiger partial charge in [-0.15, -0.1) is 0 Å². The minimum Gasteiger partial charge on any atom is -0.361 e. The first kappa shape index (κ1) is 21.1. The second kappa shape index (κ2) is 8.45. The first-order valence-electron chi connectivity index (χ1n) is 13.1. The Morgan fingerprint density at radius 2 is 1.77 bits per heavy atom. The lowest BCUT2D eigenvalue weighted by molar-refractivity contribution is 0.453. The van der Waals surface area contributed by atoms with Gasteiger partial charge in [-0.1, -0.05) is 18.2 Å². The van der Waals surface area contributed by atoms with E-state index in [2.05, 4.69) is 51.4 Å². The van der Waals surface area contributed by atoms with Crippen LogP contribution in [-0.2, 0) is 0 Å². The Hall–Kier alpha value is -3.26. The molecule has 180 valence electrons. The van der Waals surface area contributed by atoms with Crippen molar-refractivity contribution in [3.63, 3.8) is 0 Å². The Balaban J connectivity index is 1.32. The fourth-order valence-electron chi connectivity index (χ4n) is 5.45. The van der Waals surface area contributed by atoms with Crippen LogP contribution in [0.25, 0.3) is 21.9 Å². The summed E-state index contributed by atoms with van der Waals surface area (Å²) in [5.41, 5.74) is 4.22. The molecule has 4 heterocycles. The Bertz CT molecular complexity index is 1370. The van der Waals surface area contributed by atoms with Gasteiger partial charge in [0.05, 0.1) is 23.8 Å². The number of nitrogens with zero attached hydrogens (tertiary/aromatic N) is 6. The summed E-state index contributed by atoms with van der Waals surface area (Å²) in [5.74, 6) is 2.98. The molecule has 35 heavy (non-hydrogen) atoms. The zero-order chi connectivity index (χ0) is 23.4. The van der Waals surface area contributed by atoms with Crippen LogP contribution in [0.1, 0.15) is 50.3 Å². The molecule has 4 aromatic rings. The normalized spacial score (nSPS) is 20.3. The number of rotatable bonds is 7. The molecule has 1 aliphatic heterocycles. The summed E-state index contributed by atoms with van der Waals surface area (Å²) in [6.45, 7) is 6.02. The van der Waals surface area contributed by atoms with Gasteiger partial charge < -0.3 is 15.5 Å². The predicted molar refractivity (Wildman–Crippen MR) is 139 cm³/mol. The molecule has 3 fully saturated rings. The van der Waals surface area contributed by atoms with Gasteiger partial charge in [0.2, 0.25) is 5.95 Å². The fourth-order valence-corrected chi connectivity index (χ4v) is 5.45. The van der Waals surface area contributed by atoms with Crippen molar-refractivity contribution in [3.8, 4) is 0 Å². The molecule has 2 atom stereocenters. The van der Waals surface area contributed by atoms with Crippen LogP contribution in [0.15, 0.2) is 42.7 Å². The van der Waals surface area contributed by atoms with Gasteiger partial charge in [0.1, 0.15) is 11.0 Å². The SMILES string of the molecule is CC(C1CC1)n1ncc2nc(N3CCNCC3)nc(N[C@@H](c3cnc4ccccc4c3)C3CC3)c21. The molecule has 1 unspecified atom stereocenters. The molecular formula is C27H32N8. The van der Waals surface area contributed by atoms with Gasteiger partial charge in [0, 0.05) is 37.8 Å². The third-order valence-corrected chi connectivity index (χ3v) is 7.88. The summed E-state index contributed by atoms with van der Waals surface area (Å²) in [4.78, 5) is 17.2. The highest BCUT2D eigenvalue weighted by Crippen LogP contribution is 2.45. The molecule has 0 bridgehead atoms. The lowest BCUT2D eigenvalue weighted by Crippen LogP contribution is -2.44. The van der Waals surface area contributed by atoms with Crippen molar-refractivity contribution >= 4 is 33.7 Å². The van der Waals surface area contributed by atoms with Crippen LogP contribution in [0.5, 0.6) is 0 Å². The largest absolute Gasteiger partial charge is 0.361 e. The van der Waals surface area contributed by atoms with E-state index in [1.54, 1.807) is 0 Å². The smallest absolute Gasteiger partial charge is 0.228 e. The maximum atomic E-state index is 5.15. The highest BCUT2D eigenvalue weighted by Gasteiger charge is 2.35. The van der Waals surface area contributed by atoms with Crippen LogP contribution in [0.2, 0.25) is 0 Å². The molecule has 8 nitrogen and oxygen atoms in total. The average Bonchev–Trinajstić information content (AvgIpc) is 3.84. The van der Waals surface area contributed by atoms with E-state index in [4.69, 9.17) is 20.1 Å². The molecule has 3 aromatic heterocycles. The number of fused-ring (bicyclic) bond motifs is 2. The van der Waals surface area contributed by atoms with Crippen molar-refractivity contribution in [2.45, 2.75) is 44.7 Å². The van der Waals surface area contributed by atoms with E-state index < -0.39 is 0 Å². The number of anilines is 2. The van der Waals surface area contributed by atoms with E-state index in [1.165, 1.54) is 36.6 Å². The lowest BCUT2D eigenvalue weighted by atomic mass is 10.0. The molecule has 0 spiro atoms. The maximum absolute atomic E-state index is 5.15. The van der Waals surface area contributed by atoms with E-state index in [1.807, 2.05) is 18.5 Å². The molecule has 1 saturated heterocycles. The van der Waals surface area contributed by atoms with Crippen molar-refractivity contribution in [2.75, 3.05) is 36.4 Å². The molecule has 2 saturated carbocycles. The minimum atomic E-state index is 0.167.